The molecule has 0 aliphatic rings. The number of rotatable bonds is 8. The van der Waals surface area contributed by atoms with Gasteiger partial charge in [-0.2, -0.15) is 0 Å². The van der Waals surface area contributed by atoms with Gasteiger partial charge < -0.3 is 10.1 Å². The molecule has 1 rings (SSSR count). The maximum atomic E-state index is 11.8. The highest BCUT2D eigenvalue weighted by atomic mass is 35.5. The maximum Gasteiger partial charge on any atom is 0.215 e. The van der Waals surface area contributed by atoms with Gasteiger partial charge in [-0.15, -0.1) is 12.4 Å². The minimum Gasteiger partial charge on any atom is -0.497 e. The third-order valence-electron chi connectivity index (χ3n) is 2.42. The number of ether oxygens (including phenoxy) is 1. The van der Waals surface area contributed by atoms with Gasteiger partial charge in [-0.25, -0.2) is 13.1 Å². The van der Waals surface area contributed by atoms with Crippen molar-refractivity contribution in [2.45, 2.75) is 12.2 Å². The number of halogens is 1. The Hall–Kier alpha value is -0.820. The van der Waals surface area contributed by atoms with Crippen LogP contribution in [0.2, 0.25) is 0 Å². The molecule has 0 fully saturated rings. The topological polar surface area (TPSA) is 67.4 Å². The lowest BCUT2D eigenvalue weighted by Gasteiger charge is -2.07. The fourth-order valence-corrected chi connectivity index (χ4v) is 2.70. The van der Waals surface area contributed by atoms with Gasteiger partial charge in [-0.05, 0) is 37.7 Å². The highest BCUT2D eigenvalue weighted by Gasteiger charge is 2.11. The van der Waals surface area contributed by atoms with Crippen molar-refractivity contribution in [3.63, 3.8) is 0 Å². The van der Waals surface area contributed by atoms with E-state index in [1.54, 1.807) is 31.4 Å². The van der Waals surface area contributed by atoms with Crippen LogP contribution < -0.4 is 14.8 Å². The van der Waals surface area contributed by atoms with E-state index in [4.69, 9.17) is 4.74 Å². The molecule has 0 unspecified atom stereocenters. The van der Waals surface area contributed by atoms with Crippen molar-refractivity contribution < 1.29 is 13.2 Å². The fraction of sp³-hybridized carbons (Fsp3) is 0.500. The summed E-state index contributed by atoms with van der Waals surface area (Å²) < 4.78 is 31.2. The zero-order valence-electron chi connectivity index (χ0n) is 11.2. The van der Waals surface area contributed by atoms with Crippen LogP contribution in [0.3, 0.4) is 0 Å². The van der Waals surface area contributed by atoms with Crippen molar-refractivity contribution in [1.82, 2.24) is 10.0 Å². The number of methoxy groups -OCH3 is 1. The number of sulfonamides is 1. The first-order valence-corrected chi connectivity index (χ1v) is 7.47. The minimum atomic E-state index is -3.27. The van der Waals surface area contributed by atoms with Gasteiger partial charge in [-0.3, -0.25) is 0 Å². The van der Waals surface area contributed by atoms with Gasteiger partial charge in [0.05, 0.1) is 12.9 Å². The van der Waals surface area contributed by atoms with Crippen LogP contribution in [-0.2, 0) is 15.8 Å². The Morgan fingerprint density at radius 3 is 2.63 bits per heavy atom. The molecule has 0 amide bonds. The minimum absolute atomic E-state index is 0. The van der Waals surface area contributed by atoms with Gasteiger partial charge in [0.1, 0.15) is 5.75 Å². The average molecular weight is 309 g/mol. The predicted molar refractivity (Wildman–Crippen MR) is 79.4 cm³/mol. The molecule has 0 saturated carbocycles. The van der Waals surface area contributed by atoms with Gasteiger partial charge in [0.2, 0.25) is 10.0 Å². The molecule has 0 aliphatic carbocycles. The van der Waals surface area contributed by atoms with E-state index in [2.05, 4.69) is 10.0 Å². The lowest BCUT2D eigenvalue weighted by atomic mass is 10.2. The molecule has 0 saturated heterocycles. The highest BCUT2D eigenvalue weighted by molar-refractivity contribution is 7.88. The first-order chi connectivity index (χ1) is 8.57. The molecule has 19 heavy (non-hydrogen) atoms. The smallest absolute Gasteiger partial charge is 0.215 e. The van der Waals surface area contributed by atoms with Gasteiger partial charge >= 0.3 is 0 Å². The van der Waals surface area contributed by atoms with Crippen LogP contribution in [0.25, 0.3) is 0 Å². The molecule has 0 aromatic heterocycles. The zero-order valence-corrected chi connectivity index (χ0v) is 12.8. The van der Waals surface area contributed by atoms with Gasteiger partial charge in [0.25, 0.3) is 0 Å². The van der Waals surface area contributed by atoms with E-state index in [0.29, 0.717) is 12.3 Å². The molecule has 0 heterocycles. The summed E-state index contributed by atoms with van der Waals surface area (Å²) in [5.41, 5.74) is 0.718. The summed E-state index contributed by atoms with van der Waals surface area (Å²) >= 11 is 0. The lowest BCUT2D eigenvalue weighted by molar-refractivity contribution is 0.414. The third kappa shape index (κ3) is 7.37. The largest absolute Gasteiger partial charge is 0.497 e. The Morgan fingerprint density at radius 1 is 1.26 bits per heavy atom. The first-order valence-electron chi connectivity index (χ1n) is 5.82. The summed E-state index contributed by atoms with van der Waals surface area (Å²) in [6.45, 7) is 1.24. The molecular formula is C12H21ClN2O3S. The van der Waals surface area contributed by atoms with Crippen LogP contribution in [-0.4, -0.2) is 35.7 Å². The third-order valence-corrected chi connectivity index (χ3v) is 3.77. The highest BCUT2D eigenvalue weighted by Crippen LogP contribution is 2.14. The second kappa shape index (κ2) is 9.14. The van der Waals surface area contributed by atoms with E-state index >= 15 is 0 Å². The molecule has 5 nitrogen and oxygen atoms in total. The van der Waals surface area contributed by atoms with Crippen LogP contribution in [0.15, 0.2) is 24.3 Å². The standard InChI is InChI=1S/C12H20N2O3S.ClH/c1-13-7-4-8-14-18(15,16)10-11-5-3-6-12(9-11)17-2;/h3,5-6,9,13-14H,4,7-8,10H2,1-2H3;1H. The van der Waals surface area contributed by atoms with Crippen LogP contribution in [0.1, 0.15) is 12.0 Å². The molecule has 1 aromatic carbocycles. The summed E-state index contributed by atoms with van der Waals surface area (Å²) in [6, 6.07) is 7.07. The van der Waals surface area contributed by atoms with E-state index < -0.39 is 10.0 Å². The van der Waals surface area contributed by atoms with Crippen LogP contribution in [0, 0.1) is 0 Å². The van der Waals surface area contributed by atoms with Crippen LogP contribution in [0.4, 0.5) is 0 Å². The Kier molecular flexibility index (Phi) is 8.75. The molecule has 0 aliphatic heterocycles. The van der Waals surface area contributed by atoms with Crippen molar-refractivity contribution in [3.05, 3.63) is 29.8 Å². The lowest BCUT2D eigenvalue weighted by Crippen LogP contribution is -2.27. The van der Waals surface area contributed by atoms with Crippen molar-refractivity contribution in [1.29, 1.82) is 0 Å². The second-order valence-electron chi connectivity index (χ2n) is 3.96. The Bertz CT molecular complexity index is 466. The van der Waals surface area contributed by atoms with Crippen molar-refractivity contribution in [2.75, 3.05) is 27.2 Å². The first kappa shape index (κ1) is 18.2. The quantitative estimate of drug-likeness (QED) is 0.707. The normalized spacial score (nSPS) is 10.8. The number of nitrogens with one attached hydrogen (secondary N) is 2. The summed E-state index contributed by atoms with van der Waals surface area (Å²) in [5, 5.41) is 2.97. The van der Waals surface area contributed by atoms with E-state index in [1.165, 1.54) is 0 Å². The Labute approximate surface area is 121 Å². The molecule has 0 atom stereocenters. The summed E-state index contributed by atoms with van der Waals surface area (Å²) in [7, 11) is 0.124. The summed E-state index contributed by atoms with van der Waals surface area (Å²) in [4.78, 5) is 0. The molecule has 1 aromatic rings. The number of benzene rings is 1. The van der Waals surface area contributed by atoms with E-state index in [1.807, 2.05) is 7.05 Å². The monoisotopic (exact) mass is 308 g/mol. The van der Waals surface area contributed by atoms with Gasteiger partial charge in [0, 0.05) is 6.54 Å². The van der Waals surface area contributed by atoms with Crippen molar-refractivity contribution >= 4 is 22.4 Å². The van der Waals surface area contributed by atoms with Gasteiger partial charge in [-0.1, -0.05) is 12.1 Å². The second-order valence-corrected chi connectivity index (χ2v) is 5.77. The van der Waals surface area contributed by atoms with E-state index in [9.17, 15) is 8.42 Å². The molecule has 0 radical (unpaired) electrons. The van der Waals surface area contributed by atoms with Crippen molar-refractivity contribution in [3.8, 4) is 5.75 Å². The molecule has 110 valence electrons. The molecule has 7 heteroatoms. The predicted octanol–water partition coefficient (Wildman–Crippen LogP) is 1.15. The Morgan fingerprint density at radius 2 is 2.00 bits per heavy atom. The summed E-state index contributed by atoms with van der Waals surface area (Å²) in [5.74, 6) is 0.641. The maximum absolute atomic E-state index is 11.8. The molecule has 0 bridgehead atoms. The van der Waals surface area contributed by atoms with E-state index in [-0.39, 0.29) is 18.2 Å². The molecule has 2 N–H and O–H groups in total. The molecular weight excluding hydrogens is 288 g/mol. The Balaban J connectivity index is 0.00000324. The van der Waals surface area contributed by atoms with Gasteiger partial charge in [0.15, 0.2) is 0 Å². The van der Waals surface area contributed by atoms with Crippen LogP contribution >= 0.6 is 12.4 Å². The zero-order chi connectivity index (χ0) is 13.4. The summed E-state index contributed by atoms with van der Waals surface area (Å²) in [6.07, 6.45) is 0.772. The number of hydrogen-bond acceptors (Lipinski definition) is 4. The average Bonchev–Trinajstić information content (AvgIpc) is 2.34. The molecule has 0 spiro atoms. The van der Waals surface area contributed by atoms with Crippen molar-refractivity contribution in [2.24, 2.45) is 0 Å². The number of hydrogen-bond donors (Lipinski definition) is 2. The fourth-order valence-electron chi connectivity index (χ4n) is 1.53. The SMILES string of the molecule is CNCCCNS(=O)(=O)Cc1cccc(OC)c1.Cl. The van der Waals surface area contributed by atoms with E-state index in [0.717, 1.165) is 18.5 Å². The van der Waals surface area contributed by atoms with Crippen LogP contribution in [0.5, 0.6) is 5.75 Å².